The Balaban J connectivity index is 2.35. The number of nitrogens with zero attached hydrogens (tertiary/aromatic N) is 3. The predicted octanol–water partition coefficient (Wildman–Crippen LogP) is 3.71. The van der Waals surface area contributed by atoms with Crippen LogP contribution >= 0.6 is 15.9 Å². The van der Waals surface area contributed by atoms with Gasteiger partial charge in [0.15, 0.2) is 0 Å². The maximum atomic E-state index is 4.35. The third-order valence-electron chi connectivity index (χ3n) is 3.44. The molecule has 1 heterocycles. The Hall–Kier alpha value is -1.20. The summed E-state index contributed by atoms with van der Waals surface area (Å²) in [5, 5.41) is 12.1. The van der Waals surface area contributed by atoms with E-state index in [-0.39, 0.29) is 6.04 Å². The van der Waals surface area contributed by atoms with Crippen molar-refractivity contribution in [2.75, 3.05) is 6.54 Å². The van der Waals surface area contributed by atoms with Crippen molar-refractivity contribution < 1.29 is 0 Å². The van der Waals surface area contributed by atoms with Crippen LogP contribution < -0.4 is 5.32 Å². The highest BCUT2D eigenvalue weighted by Crippen LogP contribution is 2.26. The SMILES string of the molecule is CCCNC(C)c1nnn(-c2cccc(C)c2Br)c1C. The molecule has 1 atom stereocenters. The van der Waals surface area contributed by atoms with E-state index in [2.05, 4.69) is 65.3 Å². The molecule has 0 saturated carbocycles. The van der Waals surface area contributed by atoms with Gasteiger partial charge in [0.2, 0.25) is 0 Å². The summed E-state index contributed by atoms with van der Waals surface area (Å²) in [5.41, 5.74) is 4.30. The fourth-order valence-electron chi connectivity index (χ4n) is 2.22. The molecule has 1 N–H and O–H groups in total. The number of rotatable bonds is 5. The maximum Gasteiger partial charge on any atom is 0.103 e. The lowest BCUT2D eigenvalue weighted by Crippen LogP contribution is -2.20. The van der Waals surface area contributed by atoms with Crippen molar-refractivity contribution in [2.24, 2.45) is 0 Å². The first kappa shape index (κ1) is 15.2. The molecule has 5 heteroatoms. The van der Waals surface area contributed by atoms with Crippen molar-refractivity contribution in [2.45, 2.75) is 40.2 Å². The monoisotopic (exact) mass is 336 g/mol. The number of halogens is 1. The Bertz CT molecular complexity index is 592. The molecule has 1 aromatic carbocycles. The van der Waals surface area contributed by atoms with Gasteiger partial charge in [0.05, 0.1) is 17.4 Å². The van der Waals surface area contributed by atoms with Gasteiger partial charge in [-0.1, -0.05) is 24.3 Å². The molecule has 0 aliphatic heterocycles. The van der Waals surface area contributed by atoms with Gasteiger partial charge in [-0.05, 0) is 61.3 Å². The minimum atomic E-state index is 0.215. The molecular formula is C15H21BrN4. The summed E-state index contributed by atoms with van der Waals surface area (Å²) in [5.74, 6) is 0. The standard InChI is InChI=1S/C15H21BrN4/c1-5-9-17-11(3)15-12(4)20(19-18-15)13-8-6-7-10(2)14(13)16/h6-8,11,17H,5,9H2,1-4H3. The Morgan fingerprint density at radius 2 is 2.10 bits per heavy atom. The molecule has 1 unspecified atom stereocenters. The highest BCUT2D eigenvalue weighted by Gasteiger charge is 2.17. The Labute approximate surface area is 128 Å². The summed E-state index contributed by atoms with van der Waals surface area (Å²) in [7, 11) is 0. The van der Waals surface area contributed by atoms with Crippen molar-refractivity contribution >= 4 is 15.9 Å². The number of aryl methyl sites for hydroxylation is 1. The van der Waals surface area contributed by atoms with Crippen LogP contribution in [0.25, 0.3) is 5.69 Å². The van der Waals surface area contributed by atoms with E-state index in [1.165, 1.54) is 5.56 Å². The second-order valence-corrected chi connectivity index (χ2v) is 5.85. The topological polar surface area (TPSA) is 42.7 Å². The van der Waals surface area contributed by atoms with Crippen molar-refractivity contribution in [3.05, 3.63) is 39.6 Å². The quantitative estimate of drug-likeness (QED) is 0.904. The molecule has 20 heavy (non-hydrogen) atoms. The van der Waals surface area contributed by atoms with Crippen LogP contribution in [0.3, 0.4) is 0 Å². The minimum Gasteiger partial charge on any atom is -0.309 e. The molecule has 0 aliphatic carbocycles. The summed E-state index contributed by atoms with van der Waals surface area (Å²) in [6.07, 6.45) is 1.11. The fourth-order valence-corrected chi connectivity index (χ4v) is 2.65. The van der Waals surface area contributed by atoms with Gasteiger partial charge in [-0.2, -0.15) is 0 Å². The average Bonchev–Trinajstić information content (AvgIpc) is 2.81. The van der Waals surface area contributed by atoms with Gasteiger partial charge in [-0.3, -0.25) is 0 Å². The summed E-state index contributed by atoms with van der Waals surface area (Å²) >= 11 is 3.64. The smallest absolute Gasteiger partial charge is 0.103 e. The Morgan fingerprint density at radius 1 is 1.35 bits per heavy atom. The van der Waals surface area contributed by atoms with E-state index in [0.29, 0.717) is 0 Å². The molecule has 2 aromatic rings. The molecular weight excluding hydrogens is 316 g/mol. The molecule has 4 nitrogen and oxygen atoms in total. The summed E-state index contributed by atoms with van der Waals surface area (Å²) in [4.78, 5) is 0. The van der Waals surface area contributed by atoms with Crippen LogP contribution in [-0.2, 0) is 0 Å². The molecule has 0 fully saturated rings. The van der Waals surface area contributed by atoms with Crippen LogP contribution in [0.1, 0.15) is 43.3 Å². The van der Waals surface area contributed by atoms with Gasteiger partial charge in [-0.15, -0.1) is 5.10 Å². The van der Waals surface area contributed by atoms with E-state index in [4.69, 9.17) is 0 Å². The highest BCUT2D eigenvalue weighted by atomic mass is 79.9. The first-order valence-corrected chi connectivity index (χ1v) is 7.76. The second kappa shape index (κ2) is 6.50. The average molecular weight is 337 g/mol. The van der Waals surface area contributed by atoms with Gasteiger partial charge in [0.1, 0.15) is 5.69 Å². The number of benzene rings is 1. The van der Waals surface area contributed by atoms with Crippen LogP contribution in [0, 0.1) is 13.8 Å². The summed E-state index contributed by atoms with van der Waals surface area (Å²) in [6, 6.07) is 6.38. The molecule has 0 bridgehead atoms. The van der Waals surface area contributed by atoms with Crippen molar-refractivity contribution in [1.82, 2.24) is 20.3 Å². The molecule has 0 saturated heterocycles. The largest absolute Gasteiger partial charge is 0.309 e. The molecule has 0 radical (unpaired) electrons. The summed E-state index contributed by atoms with van der Waals surface area (Å²) in [6.45, 7) is 9.41. The van der Waals surface area contributed by atoms with Gasteiger partial charge in [0, 0.05) is 4.47 Å². The number of hydrogen-bond donors (Lipinski definition) is 1. The van der Waals surface area contributed by atoms with E-state index >= 15 is 0 Å². The molecule has 108 valence electrons. The minimum absolute atomic E-state index is 0.215. The lowest BCUT2D eigenvalue weighted by Gasteiger charge is -2.12. The van der Waals surface area contributed by atoms with E-state index in [1.54, 1.807) is 0 Å². The molecule has 0 aliphatic rings. The van der Waals surface area contributed by atoms with E-state index in [9.17, 15) is 0 Å². The second-order valence-electron chi connectivity index (χ2n) is 5.06. The van der Waals surface area contributed by atoms with Crippen LogP contribution in [0.15, 0.2) is 22.7 Å². The first-order chi connectivity index (χ1) is 9.56. The molecule has 2 rings (SSSR count). The van der Waals surface area contributed by atoms with E-state index in [1.807, 2.05) is 16.8 Å². The van der Waals surface area contributed by atoms with E-state index < -0.39 is 0 Å². The van der Waals surface area contributed by atoms with Gasteiger partial charge in [0.25, 0.3) is 0 Å². The van der Waals surface area contributed by atoms with Gasteiger partial charge >= 0.3 is 0 Å². The zero-order valence-electron chi connectivity index (χ0n) is 12.4. The normalized spacial score (nSPS) is 12.7. The van der Waals surface area contributed by atoms with Crippen molar-refractivity contribution in [3.8, 4) is 5.69 Å². The zero-order valence-corrected chi connectivity index (χ0v) is 14.0. The highest BCUT2D eigenvalue weighted by molar-refractivity contribution is 9.10. The first-order valence-electron chi connectivity index (χ1n) is 6.97. The third-order valence-corrected chi connectivity index (χ3v) is 4.47. The van der Waals surface area contributed by atoms with Crippen molar-refractivity contribution in [1.29, 1.82) is 0 Å². The maximum absolute atomic E-state index is 4.35. The van der Waals surface area contributed by atoms with Crippen LogP contribution in [-0.4, -0.2) is 21.5 Å². The Morgan fingerprint density at radius 3 is 2.80 bits per heavy atom. The van der Waals surface area contributed by atoms with Crippen LogP contribution in [0.4, 0.5) is 0 Å². The fraction of sp³-hybridized carbons (Fsp3) is 0.467. The van der Waals surface area contributed by atoms with E-state index in [0.717, 1.165) is 34.5 Å². The number of nitrogens with one attached hydrogen (secondary N) is 1. The van der Waals surface area contributed by atoms with Gasteiger partial charge in [-0.25, -0.2) is 4.68 Å². The van der Waals surface area contributed by atoms with Crippen molar-refractivity contribution in [3.63, 3.8) is 0 Å². The summed E-state index contributed by atoms with van der Waals surface area (Å²) < 4.78 is 2.96. The lowest BCUT2D eigenvalue weighted by atomic mass is 10.2. The molecule has 0 spiro atoms. The van der Waals surface area contributed by atoms with Crippen LogP contribution in [0.5, 0.6) is 0 Å². The molecule has 0 amide bonds. The van der Waals surface area contributed by atoms with Crippen LogP contribution in [0.2, 0.25) is 0 Å². The predicted molar refractivity (Wildman–Crippen MR) is 85.2 cm³/mol. The third kappa shape index (κ3) is 2.94. The zero-order chi connectivity index (χ0) is 14.7. The molecule has 1 aromatic heterocycles. The number of hydrogen-bond acceptors (Lipinski definition) is 3. The lowest BCUT2D eigenvalue weighted by molar-refractivity contribution is 0.555. The van der Waals surface area contributed by atoms with Gasteiger partial charge < -0.3 is 5.32 Å². The Kier molecular flexibility index (Phi) is 4.94. The number of aromatic nitrogens is 3.